The van der Waals surface area contributed by atoms with Crippen molar-refractivity contribution < 1.29 is 13.2 Å². The number of amides is 1. The van der Waals surface area contributed by atoms with E-state index in [0.29, 0.717) is 6.54 Å². The van der Waals surface area contributed by atoms with Crippen molar-refractivity contribution >= 4 is 37.3 Å². The van der Waals surface area contributed by atoms with Gasteiger partial charge < -0.3 is 5.32 Å². The molecule has 114 valence electrons. The van der Waals surface area contributed by atoms with E-state index in [4.69, 9.17) is 0 Å². The average molecular weight is 326 g/mol. The summed E-state index contributed by atoms with van der Waals surface area (Å²) in [6.45, 7) is 2.00. The topological polar surface area (TPSA) is 76.1 Å². The number of nitrogens with zero attached hydrogens (tertiary/aromatic N) is 1. The number of thiazole rings is 1. The number of benzene rings is 1. The summed E-state index contributed by atoms with van der Waals surface area (Å²) in [5, 5.41) is 3.67. The lowest BCUT2D eigenvalue weighted by Crippen LogP contribution is -2.31. The molecule has 7 heteroatoms. The van der Waals surface area contributed by atoms with Gasteiger partial charge in [0.05, 0.1) is 15.2 Å². The van der Waals surface area contributed by atoms with E-state index in [9.17, 15) is 13.2 Å². The monoisotopic (exact) mass is 326 g/mol. The molecule has 0 aliphatic carbocycles. The van der Waals surface area contributed by atoms with E-state index in [0.717, 1.165) is 28.1 Å². The predicted molar refractivity (Wildman–Crippen MR) is 85.3 cm³/mol. The second kappa shape index (κ2) is 7.00. The Labute approximate surface area is 128 Å². The Morgan fingerprint density at radius 1 is 1.33 bits per heavy atom. The number of para-hydroxylation sites is 1. The van der Waals surface area contributed by atoms with Gasteiger partial charge in [0, 0.05) is 18.7 Å². The summed E-state index contributed by atoms with van der Waals surface area (Å²) in [6.07, 6.45) is 1.53. The van der Waals surface area contributed by atoms with Crippen molar-refractivity contribution in [2.45, 2.75) is 19.8 Å². The molecule has 1 N–H and O–H groups in total. The summed E-state index contributed by atoms with van der Waals surface area (Å²) in [4.78, 5) is 16.0. The summed E-state index contributed by atoms with van der Waals surface area (Å²) in [5.74, 6) is -0.863. The first-order valence-electron chi connectivity index (χ1n) is 6.82. The van der Waals surface area contributed by atoms with Gasteiger partial charge in [-0.05, 0) is 18.6 Å². The van der Waals surface area contributed by atoms with Crippen LogP contribution in [0.4, 0.5) is 0 Å². The van der Waals surface area contributed by atoms with Crippen LogP contribution in [0.25, 0.3) is 10.2 Å². The number of carbonyl (C=O) groups excluding carboxylic acids is 1. The smallest absolute Gasteiger partial charge is 0.235 e. The highest BCUT2D eigenvalue weighted by Crippen LogP contribution is 2.22. The third-order valence-corrected chi connectivity index (χ3v) is 5.70. The van der Waals surface area contributed by atoms with Crippen LogP contribution in [0.2, 0.25) is 0 Å². The molecule has 0 fully saturated rings. The Bertz CT molecular complexity index is 690. The number of fused-ring (bicyclic) bond motifs is 1. The van der Waals surface area contributed by atoms with Crippen LogP contribution in [0, 0.1) is 0 Å². The lowest BCUT2D eigenvalue weighted by Gasteiger charge is -2.04. The van der Waals surface area contributed by atoms with Crippen LogP contribution in [0.15, 0.2) is 24.3 Å². The molecule has 2 aromatic rings. The van der Waals surface area contributed by atoms with Gasteiger partial charge in [0.25, 0.3) is 0 Å². The Hall–Kier alpha value is -1.47. The lowest BCUT2D eigenvalue weighted by atomic mass is 10.3. The minimum atomic E-state index is -3.25. The Balaban J connectivity index is 1.76. The molecule has 1 aromatic carbocycles. The minimum Gasteiger partial charge on any atom is -0.355 e. The van der Waals surface area contributed by atoms with E-state index < -0.39 is 21.5 Å². The zero-order valence-electron chi connectivity index (χ0n) is 11.8. The van der Waals surface area contributed by atoms with E-state index in [1.165, 1.54) is 6.92 Å². The van der Waals surface area contributed by atoms with Gasteiger partial charge in [0.2, 0.25) is 5.91 Å². The van der Waals surface area contributed by atoms with Gasteiger partial charge in [-0.2, -0.15) is 0 Å². The highest BCUT2D eigenvalue weighted by molar-refractivity contribution is 7.92. The first-order valence-corrected chi connectivity index (χ1v) is 9.45. The van der Waals surface area contributed by atoms with Crippen LogP contribution in [-0.2, 0) is 21.1 Å². The summed E-state index contributed by atoms with van der Waals surface area (Å²) in [5.41, 5.74) is 0.996. The molecule has 0 saturated carbocycles. The molecule has 1 heterocycles. The number of hydrogen-bond acceptors (Lipinski definition) is 5. The maximum absolute atomic E-state index is 11.5. The van der Waals surface area contributed by atoms with Crippen LogP contribution in [0.3, 0.4) is 0 Å². The van der Waals surface area contributed by atoms with Crippen molar-refractivity contribution in [3.8, 4) is 0 Å². The third-order valence-electron chi connectivity index (χ3n) is 3.02. The molecule has 0 aliphatic rings. The van der Waals surface area contributed by atoms with Crippen LogP contribution in [0.1, 0.15) is 18.4 Å². The predicted octanol–water partition coefficient (Wildman–Crippen LogP) is 1.78. The molecule has 1 aromatic heterocycles. The van der Waals surface area contributed by atoms with Crippen molar-refractivity contribution in [1.82, 2.24) is 10.3 Å². The number of nitrogens with one attached hydrogen (secondary N) is 1. The molecular weight excluding hydrogens is 308 g/mol. The summed E-state index contributed by atoms with van der Waals surface area (Å²) in [7, 11) is -3.25. The number of aryl methyl sites for hydroxylation is 1. The number of sulfone groups is 1. The average Bonchev–Trinajstić information content (AvgIpc) is 2.86. The molecule has 5 nitrogen and oxygen atoms in total. The van der Waals surface area contributed by atoms with Crippen LogP contribution in [0.5, 0.6) is 0 Å². The SMILES string of the molecule is CCS(=O)(=O)CC(=O)NCCCc1nc2ccccc2s1. The van der Waals surface area contributed by atoms with Crippen LogP contribution < -0.4 is 5.32 Å². The van der Waals surface area contributed by atoms with Crippen LogP contribution >= 0.6 is 11.3 Å². The van der Waals surface area contributed by atoms with E-state index in [1.807, 2.05) is 24.3 Å². The van der Waals surface area contributed by atoms with Crippen molar-refractivity contribution in [2.24, 2.45) is 0 Å². The van der Waals surface area contributed by atoms with Crippen LogP contribution in [-0.4, -0.2) is 37.4 Å². The molecule has 0 atom stereocenters. The fraction of sp³-hybridized carbons (Fsp3) is 0.429. The second-order valence-electron chi connectivity index (χ2n) is 4.71. The van der Waals surface area contributed by atoms with Crippen molar-refractivity contribution in [3.05, 3.63) is 29.3 Å². The van der Waals surface area contributed by atoms with Crippen molar-refractivity contribution in [2.75, 3.05) is 18.1 Å². The number of rotatable bonds is 7. The molecule has 0 radical (unpaired) electrons. The first-order chi connectivity index (χ1) is 10.00. The fourth-order valence-electron chi connectivity index (χ4n) is 1.85. The molecule has 2 rings (SSSR count). The van der Waals surface area contributed by atoms with Gasteiger partial charge in [-0.3, -0.25) is 4.79 Å². The maximum Gasteiger partial charge on any atom is 0.235 e. The molecule has 0 spiro atoms. The van der Waals surface area contributed by atoms with Gasteiger partial charge in [-0.15, -0.1) is 11.3 Å². The normalized spacial score (nSPS) is 11.7. The van der Waals surface area contributed by atoms with Gasteiger partial charge in [0.15, 0.2) is 9.84 Å². The van der Waals surface area contributed by atoms with Crippen molar-refractivity contribution in [1.29, 1.82) is 0 Å². The number of hydrogen-bond donors (Lipinski definition) is 1. The highest BCUT2D eigenvalue weighted by Gasteiger charge is 2.13. The molecule has 0 aliphatic heterocycles. The van der Waals surface area contributed by atoms with E-state index in [-0.39, 0.29) is 5.75 Å². The fourth-order valence-corrected chi connectivity index (χ4v) is 3.56. The van der Waals surface area contributed by atoms with Gasteiger partial charge in [-0.1, -0.05) is 19.1 Å². The maximum atomic E-state index is 11.5. The third kappa shape index (κ3) is 4.78. The molecule has 0 bridgehead atoms. The zero-order chi connectivity index (χ0) is 15.3. The van der Waals surface area contributed by atoms with E-state index in [2.05, 4.69) is 10.3 Å². The molecule has 1 amide bonds. The standard InChI is InChI=1S/C14H18N2O3S2/c1-2-21(18,19)10-13(17)15-9-5-8-14-16-11-6-3-4-7-12(11)20-14/h3-4,6-7H,2,5,8-10H2,1H3,(H,15,17). The minimum absolute atomic E-state index is 0.00781. The number of carbonyl (C=O) groups is 1. The van der Waals surface area contributed by atoms with E-state index in [1.54, 1.807) is 11.3 Å². The van der Waals surface area contributed by atoms with E-state index >= 15 is 0 Å². The van der Waals surface area contributed by atoms with Gasteiger partial charge in [-0.25, -0.2) is 13.4 Å². The first kappa shape index (κ1) is 15.9. The van der Waals surface area contributed by atoms with Gasteiger partial charge >= 0.3 is 0 Å². The van der Waals surface area contributed by atoms with Crippen molar-refractivity contribution in [3.63, 3.8) is 0 Å². The summed E-state index contributed by atoms with van der Waals surface area (Å²) < 4.78 is 23.7. The summed E-state index contributed by atoms with van der Waals surface area (Å²) >= 11 is 1.65. The largest absolute Gasteiger partial charge is 0.355 e. The second-order valence-corrected chi connectivity index (χ2v) is 8.17. The lowest BCUT2D eigenvalue weighted by molar-refractivity contribution is -0.118. The number of aromatic nitrogens is 1. The molecule has 21 heavy (non-hydrogen) atoms. The Morgan fingerprint density at radius 2 is 2.10 bits per heavy atom. The summed E-state index contributed by atoms with van der Waals surface area (Å²) in [6, 6.07) is 7.96. The quantitative estimate of drug-likeness (QED) is 0.787. The van der Waals surface area contributed by atoms with Gasteiger partial charge in [0.1, 0.15) is 5.75 Å². The Morgan fingerprint density at radius 3 is 2.81 bits per heavy atom. The highest BCUT2D eigenvalue weighted by atomic mass is 32.2. The molecule has 0 saturated heterocycles. The molecular formula is C14H18N2O3S2. The zero-order valence-corrected chi connectivity index (χ0v) is 13.5. The Kier molecular flexibility index (Phi) is 5.30. The molecule has 0 unspecified atom stereocenters.